The monoisotopic (exact) mass is 392 g/mol. The standard InChI is InChI=1S/C23H26N2P2/c26-24-19(13-17-7-1-3-9-21(17)24)15-23(11-5-6-12-23)16-20-14-18-8-2-4-10-22(18)25(20)27/h1-4,7-10,13-14H,5-6,11-12,15-16,26-27H2. The molecule has 5 rings (SSSR count). The maximum absolute atomic E-state index is 2.94. The Balaban J connectivity index is 1.52. The molecule has 2 aromatic heterocycles. The summed E-state index contributed by atoms with van der Waals surface area (Å²) in [6.07, 6.45) is 7.66. The fourth-order valence-electron chi connectivity index (χ4n) is 5.05. The second kappa shape index (κ2) is 6.77. The number of aromatic nitrogens is 2. The van der Waals surface area contributed by atoms with Crippen LogP contribution in [0, 0.1) is 5.41 Å². The van der Waals surface area contributed by atoms with Gasteiger partial charge in [0, 0.05) is 22.2 Å². The van der Waals surface area contributed by atoms with E-state index in [0.717, 1.165) is 12.8 Å². The third-order valence-electron chi connectivity index (χ3n) is 6.43. The van der Waals surface area contributed by atoms with Crippen LogP contribution in [-0.4, -0.2) is 8.68 Å². The molecule has 0 amide bonds. The van der Waals surface area contributed by atoms with Gasteiger partial charge in [0.1, 0.15) is 0 Å². The van der Waals surface area contributed by atoms with Crippen LogP contribution in [-0.2, 0) is 12.8 Å². The van der Waals surface area contributed by atoms with E-state index in [1.54, 1.807) is 0 Å². The molecule has 1 saturated carbocycles. The second-order valence-corrected chi connectivity index (χ2v) is 9.22. The van der Waals surface area contributed by atoms with E-state index in [1.165, 1.54) is 58.9 Å². The Morgan fingerprint density at radius 3 is 1.59 bits per heavy atom. The highest BCUT2D eigenvalue weighted by Gasteiger charge is 2.36. The minimum absolute atomic E-state index is 0.366. The molecule has 4 heteroatoms. The molecule has 2 atom stereocenters. The Kier molecular flexibility index (Phi) is 4.38. The zero-order valence-corrected chi connectivity index (χ0v) is 17.9. The Bertz CT molecular complexity index is 1030. The van der Waals surface area contributed by atoms with Crippen molar-refractivity contribution in [3.63, 3.8) is 0 Å². The number of hydrogen-bond acceptors (Lipinski definition) is 0. The highest BCUT2D eigenvalue weighted by Crippen LogP contribution is 2.45. The maximum atomic E-state index is 2.94. The van der Waals surface area contributed by atoms with Gasteiger partial charge in [-0.3, -0.25) is 0 Å². The molecule has 0 N–H and O–H groups in total. The number of nitrogens with zero attached hydrogens (tertiary/aromatic N) is 2. The number of hydrogen-bond donors (Lipinski definition) is 0. The third kappa shape index (κ3) is 3.04. The van der Waals surface area contributed by atoms with Gasteiger partial charge < -0.3 is 8.68 Å². The second-order valence-electron chi connectivity index (χ2n) is 8.19. The van der Waals surface area contributed by atoms with Crippen LogP contribution in [0.25, 0.3) is 21.8 Å². The van der Waals surface area contributed by atoms with Crippen molar-refractivity contribution in [1.29, 1.82) is 0 Å². The smallest absolute Gasteiger partial charge is 0.0511 e. The first-order chi connectivity index (χ1) is 13.2. The zero-order chi connectivity index (χ0) is 18.4. The van der Waals surface area contributed by atoms with Crippen LogP contribution in [0.2, 0.25) is 0 Å². The number of benzene rings is 2. The van der Waals surface area contributed by atoms with Crippen LogP contribution in [0.4, 0.5) is 0 Å². The minimum atomic E-state index is 0.366. The molecule has 0 bridgehead atoms. The molecule has 1 aliphatic carbocycles. The van der Waals surface area contributed by atoms with E-state index in [2.05, 4.69) is 88.1 Å². The summed E-state index contributed by atoms with van der Waals surface area (Å²) in [4.78, 5) is 0. The largest absolute Gasteiger partial charge is 0.329 e. The van der Waals surface area contributed by atoms with Crippen molar-refractivity contribution in [3.05, 3.63) is 72.1 Å². The predicted octanol–water partition coefficient (Wildman–Crippen LogP) is 6.22. The fourth-order valence-corrected chi connectivity index (χ4v) is 5.85. The van der Waals surface area contributed by atoms with Gasteiger partial charge in [-0.05, 0) is 74.1 Å². The highest BCUT2D eigenvalue weighted by molar-refractivity contribution is 7.15. The molecule has 4 aromatic rings. The van der Waals surface area contributed by atoms with E-state index in [9.17, 15) is 0 Å². The van der Waals surface area contributed by atoms with E-state index >= 15 is 0 Å². The molecule has 2 aromatic carbocycles. The number of rotatable bonds is 4. The first-order valence-corrected chi connectivity index (χ1v) is 10.9. The minimum Gasteiger partial charge on any atom is -0.329 e. The van der Waals surface area contributed by atoms with Crippen LogP contribution >= 0.6 is 18.8 Å². The molecule has 2 heterocycles. The topological polar surface area (TPSA) is 9.86 Å². The van der Waals surface area contributed by atoms with Gasteiger partial charge in [0.2, 0.25) is 0 Å². The van der Waals surface area contributed by atoms with Gasteiger partial charge in [0.05, 0.1) is 11.0 Å². The summed E-state index contributed by atoms with van der Waals surface area (Å²) in [7, 11) is 5.87. The normalized spacial score (nSPS) is 16.5. The summed E-state index contributed by atoms with van der Waals surface area (Å²) >= 11 is 0. The summed E-state index contributed by atoms with van der Waals surface area (Å²) in [6.45, 7) is 0. The van der Waals surface area contributed by atoms with Crippen molar-refractivity contribution in [2.24, 2.45) is 5.41 Å². The molecule has 1 fully saturated rings. The molecular weight excluding hydrogens is 366 g/mol. The van der Waals surface area contributed by atoms with Gasteiger partial charge in [0.25, 0.3) is 0 Å². The summed E-state index contributed by atoms with van der Waals surface area (Å²) in [5.74, 6) is 0. The Labute approximate surface area is 165 Å². The summed E-state index contributed by atoms with van der Waals surface area (Å²) < 4.78 is 4.65. The Morgan fingerprint density at radius 2 is 1.15 bits per heavy atom. The summed E-state index contributed by atoms with van der Waals surface area (Å²) in [6, 6.07) is 22.2. The molecule has 0 aliphatic heterocycles. The molecule has 1 aliphatic rings. The van der Waals surface area contributed by atoms with Crippen LogP contribution in [0.3, 0.4) is 0 Å². The van der Waals surface area contributed by atoms with Crippen molar-refractivity contribution >= 4 is 40.6 Å². The SMILES string of the molecule is Pn1c(CC2(Cc3cc4ccccc4n3P)CCCC2)cc2ccccc21. The van der Waals surface area contributed by atoms with Crippen LogP contribution in [0.15, 0.2) is 60.7 Å². The average molecular weight is 392 g/mol. The van der Waals surface area contributed by atoms with Gasteiger partial charge in [-0.2, -0.15) is 0 Å². The molecule has 138 valence electrons. The molecule has 2 nitrogen and oxygen atoms in total. The first-order valence-electron chi connectivity index (χ1n) is 9.84. The summed E-state index contributed by atoms with van der Waals surface area (Å²) in [5.41, 5.74) is 5.87. The van der Waals surface area contributed by atoms with Crippen LogP contribution in [0.1, 0.15) is 37.1 Å². The number of para-hydroxylation sites is 2. The van der Waals surface area contributed by atoms with Crippen LogP contribution < -0.4 is 0 Å². The molecule has 27 heavy (non-hydrogen) atoms. The molecule has 0 spiro atoms. The van der Waals surface area contributed by atoms with Crippen molar-refractivity contribution in [1.82, 2.24) is 8.68 Å². The van der Waals surface area contributed by atoms with Gasteiger partial charge >= 0.3 is 0 Å². The van der Waals surface area contributed by atoms with Crippen molar-refractivity contribution < 1.29 is 0 Å². The fraction of sp³-hybridized carbons (Fsp3) is 0.304. The van der Waals surface area contributed by atoms with Gasteiger partial charge in [-0.25, -0.2) is 0 Å². The zero-order valence-electron chi connectivity index (χ0n) is 15.6. The molecule has 0 saturated heterocycles. The van der Waals surface area contributed by atoms with E-state index in [0.29, 0.717) is 5.41 Å². The highest BCUT2D eigenvalue weighted by atomic mass is 31.0. The molecule has 0 radical (unpaired) electrons. The van der Waals surface area contributed by atoms with Gasteiger partial charge in [-0.1, -0.05) is 49.2 Å². The molecule has 2 unspecified atom stereocenters. The lowest BCUT2D eigenvalue weighted by Crippen LogP contribution is -2.24. The predicted molar refractivity (Wildman–Crippen MR) is 122 cm³/mol. The van der Waals surface area contributed by atoms with E-state index in [4.69, 9.17) is 0 Å². The van der Waals surface area contributed by atoms with Gasteiger partial charge in [0.15, 0.2) is 0 Å². The lowest BCUT2D eigenvalue weighted by Gasteiger charge is -2.29. The van der Waals surface area contributed by atoms with E-state index < -0.39 is 0 Å². The van der Waals surface area contributed by atoms with E-state index in [1.807, 2.05) is 0 Å². The Morgan fingerprint density at radius 1 is 0.704 bits per heavy atom. The lowest BCUT2D eigenvalue weighted by atomic mass is 9.77. The number of fused-ring (bicyclic) bond motifs is 2. The quantitative estimate of drug-likeness (QED) is 0.365. The van der Waals surface area contributed by atoms with Crippen molar-refractivity contribution in [2.45, 2.75) is 38.5 Å². The third-order valence-corrected chi connectivity index (χ3v) is 7.65. The molecular formula is C23H26N2P2. The maximum Gasteiger partial charge on any atom is 0.0511 e. The van der Waals surface area contributed by atoms with Gasteiger partial charge in [-0.15, -0.1) is 0 Å². The van der Waals surface area contributed by atoms with Crippen molar-refractivity contribution in [3.8, 4) is 0 Å². The van der Waals surface area contributed by atoms with Crippen LogP contribution in [0.5, 0.6) is 0 Å². The first kappa shape index (κ1) is 17.5. The Hall–Kier alpha value is -1.62. The summed E-state index contributed by atoms with van der Waals surface area (Å²) in [5, 5.41) is 2.69. The van der Waals surface area contributed by atoms with Crippen molar-refractivity contribution in [2.75, 3.05) is 0 Å². The van der Waals surface area contributed by atoms with E-state index in [-0.39, 0.29) is 0 Å². The average Bonchev–Trinajstić information content (AvgIpc) is 3.35. The lowest BCUT2D eigenvalue weighted by molar-refractivity contribution is 0.286.